The van der Waals surface area contributed by atoms with Crippen molar-refractivity contribution in [1.29, 1.82) is 0 Å². The third-order valence-corrected chi connectivity index (χ3v) is 9.24. The third kappa shape index (κ3) is 4.35. The summed E-state index contributed by atoms with van der Waals surface area (Å²) >= 11 is 0. The van der Waals surface area contributed by atoms with E-state index in [4.69, 9.17) is 0 Å². The molecular formula is C24H32N4O2S. The number of nitrogens with one attached hydrogen (secondary N) is 2. The summed E-state index contributed by atoms with van der Waals surface area (Å²) in [5.74, 6) is 4.34. The lowest BCUT2D eigenvalue weighted by Crippen LogP contribution is -2.45. The van der Waals surface area contributed by atoms with Gasteiger partial charge in [0.25, 0.3) is 0 Å². The van der Waals surface area contributed by atoms with E-state index < -0.39 is 10.0 Å². The van der Waals surface area contributed by atoms with Crippen molar-refractivity contribution in [1.82, 2.24) is 14.7 Å². The highest BCUT2D eigenvalue weighted by Gasteiger charge is 2.47. The fraction of sp³-hybridized carbons (Fsp3) is 0.583. The Bertz CT molecular complexity index is 997. The normalized spacial score (nSPS) is 29.3. The molecule has 4 fully saturated rings. The number of sulfonamides is 1. The number of aromatic nitrogens is 2. The van der Waals surface area contributed by atoms with Gasteiger partial charge in [-0.15, -0.1) is 0 Å². The van der Waals surface area contributed by atoms with Gasteiger partial charge < -0.3 is 5.32 Å². The Morgan fingerprint density at radius 3 is 2.32 bits per heavy atom. The first-order chi connectivity index (χ1) is 15.0. The molecule has 1 aromatic carbocycles. The first kappa shape index (κ1) is 20.9. The maximum absolute atomic E-state index is 12.6. The molecule has 6 nitrogen and oxygen atoms in total. The fourth-order valence-electron chi connectivity index (χ4n) is 6.58. The van der Waals surface area contributed by atoms with Crippen molar-refractivity contribution in [3.63, 3.8) is 0 Å². The van der Waals surface area contributed by atoms with Crippen molar-refractivity contribution in [3.05, 3.63) is 48.0 Å². The van der Waals surface area contributed by atoms with Gasteiger partial charge in [0.05, 0.1) is 4.90 Å². The molecule has 31 heavy (non-hydrogen) atoms. The Labute approximate surface area is 185 Å². The van der Waals surface area contributed by atoms with Crippen LogP contribution in [0.15, 0.2) is 41.8 Å². The molecule has 2 aromatic rings. The highest BCUT2D eigenvalue weighted by Crippen LogP contribution is 2.57. The average molecular weight is 441 g/mol. The molecule has 4 aliphatic carbocycles. The molecule has 0 amide bonds. The summed E-state index contributed by atoms with van der Waals surface area (Å²) in [5, 5.41) is 3.48. The van der Waals surface area contributed by atoms with Crippen LogP contribution in [0.4, 0.5) is 5.69 Å². The molecular weight excluding hydrogens is 408 g/mol. The summed E-state index contributed by atoms with van der Waals surface area (Å²) in [5.41, 5.74) is 3.12. The van der Waals surface area contributed by atoms with E-state index in [1.807, 2.05) is 6.07 Å². The lowest BCUT2D eigenvalue weighted by atomic mass is 9.51. The van der Waals surface area contributed by atoms with Gasteiger partial charge in [-0.3, -0.25) is 0 Å². The quantitative estimate of drug-likeness (QED) is 0.648. The second kappa shape index (κ2) is 8.51. The number of nitrogens with zero attached hydrogens (tertiary/aromatic N) is 2. The number of benzene rings is 1. The van der Waals surface area contributed by atoms with Gasteiger partial charge >= 0.3 is 0 Å². The van der Waals surface area contributed by atoms with Crippen LogP contribution in [0.2, 0.25) is 0 Å². The number of rotatable bonds is 8. The monoisotopic (exact) mass is 440 g/mol. The Hall–Kier alpha value is -1.99. The molecule has 0 saturated heterocycles. The van der Waals surface area contributed by atoms with Gasteiger partial charge in [0.2, 0.25) is 10.0 Å². The molecule has 0 atom stereocenters. The van der Waals surface area contributed by atoms with E-state index in [0.717, 1.165) is 47.3 Å². The zero-order valence-electron chi connectivity index (χ0n) is 18.1. The second-order valence-corrected chi connectivity index (χ2v) is 11.5. The average Bonchev–Trinajstić information content (AvgIpc) is 2.75. The zero-order valence-corrected chi connectivity index (χ0v) is 18.9. The first-order valence-corrected chi connectivity index (χ1v) is 13.1. The van der Waals surface area contributed by atoms with Crippen LogP contribution in [-0.4, -0.2) is 24.9 Å². The Morgan fingerprint density at radius 1 is 1.00 bits per heavy atom. The van der Waals surface area contributed by atoms with Crippen molar-refractivity contribution in [2.45, 2.75) is 56.9 Å². The van der Waals surface area contributed by atoms with Crippen LogP contribution in [-0.2, 0) is 23.0 Å². The molecule has 0 spiro atoms. The molecule has 4 saturated carbocycles. The summed E-state index contributed by atoms with van der Waals surface area (Å²) in [6.45, 7) is 2.75. The van der Waals surface area contributed by atoms with Crippen LogP contribution < -0.4 is 10.0 Å². The van der Waals surface area contributed by atoms with E-state index in [2.05, 4.69) is 20.0 Å². The highest BCUT2D eigenvalue weighted by molar-refractivity contribution is 7.89. The molecule has 4 bridgehead atoms. The lowest BCUT2D eigenvalue weighted by Gasteiger charge is -2.54. The van der Waals surface area contributed by atoms with Crippen molar-refractivity contribution >= 4 is 15.7 Å². The van der Waals surface area contributed by atoms with Crippen LogP contribution >= 0.6 is 0 Å². The molecule has 1 heterocycles. The SMILES string of the molecule is CCNS(=O)(=O)c1ccc(CC2C3CC4CC(C3)CC2C4)c(NCc2cncnc2)c1. The molecule has 0 unspecified atom stereocenters. The van der Waals surface area contributed by atoms with Crippen molar-refractivity contribution in [2.24, 2.45) is 29.6 Å². The Morgan fingerprint density at radius 2 is 1.68 bits per heavy atom. The standard InChI is InChI=1S/C24H32N4O2S/c1-2-28-31(29,30)22-4-3-19(24(11-22)27-14-18-12-25-15-26-13-18)10-23-20-6-16-5-17(8-20)9-21(23)7-16/h3-4,11-13,15-17,20-21,23,27-28H,2,5-10,14H2,1H3. The molecule has 4 aliphatic rings. The highest BCUT2D eigenvalue weighted by atomic mass is 32.2. The lowest BCUT2D eigenvalue weighted by molar-refractivity contribution is -0.0359. The minimum atomic E-state index is -3.50. The van der Waals surface area contributed by atoms with Gasteiger partial charge in [0, 0.05) is 36.7 Å². The fourth-order valence-corrected chi connectivity index (χ4v) is 7.65. The maximum Gasteiger partial charge on any atom is 0.240 e. The van der Waals surface area contributed by atoms with Gasteiger partial charge in [0.15, 0.2) is 0 Å². The van der Waals surface area contributed by atoms with E-state index in [1.165, 1.54) is 44.0 Å². The Kier molecular flexibility index (Phi) is 5.73. The molecule has 1 aromatic heterocycles. The minimum absolute atomic E-state index is 0.315. The maximum atomic E-state index is 12.6. The molecule has 7 heteroatoms. The smallest absolute Gasteiger partial charge is 0.240 e. The zero-order chi connectivity index (χ0) is 21.4. The first-order valence-electron chi connectivity index (χ1n) is 11.6. The molecule has 2 N–H and O–H groups in total. The van der Waals surface area contributed by atoms with E-state index in [1.54, 1.807) is 31.5 Å². The molecule has 166 valence electrons. The van der Waals surface area contributed by atoms with Crippen LogP contribution in [0, 0.1) is 29.6 Å². The Balaban J connectivity index is 1.41. The van der Waals surface area contributed by atoms with Gasteiger partial charge in [-0.25, -0.2) is 23.1 Å². The number of hydrogen-bond donors (Lipinski definition) is 2. The predicted octanol–water partition coefficient (Wildman–Crippen LogP) is 4.00. The van der Waals surface area contributed by atoms with E-state index >= 15 is 0 Å². The van der Waals surface area contributed by atoms with Gasteiger partial charge in [-0.2, -0.15) is 0 Å². The van der Waals surface area contributed by atoms with E-state index in [0.29, 0.717) is 18.0 Å². The topological polar surface area (TPSA) is 84.0 Å². The molecule has 0 aliphatic heterocycles. The van der Waals surface area contributed by atoms with Crippen molar-refractivity contribution < 1.29 is 8.42 Å². The number of hydrogen-bond acceptors (Lipinski definition) is 5. The van der Waals surface area contributed by atoms with E-state index in [9.17, 15) is 8.42 Å². The molecule has 6 rings (SSSR count). The van der Waals surface area contributed by atoms with Crippen molar-refractivity contribution in [2.75, 3.05) is 11.9 Å². The van der Waals surface area contributed by atoms with Gasteiger partial charge in [-0.1, -0.05) is 13.0 Å². The predicted molar refractivity (Wildman–Crippen MR) is 121 cm³/mol. The van der Waals surface area contributed by atoms with Crippen LogP contribution in [0.5, 0.6) is 0 Å². The van der Waals surface area contributed by atoms with Crippen molar-refractivity contribution in [3.8, 4) is 0 Å². The summed E-state index contributed by atoms with van der Waals surface area (Å²) < 4.78 is 27.8. The summed E-state index contributed by atoms with van der Waals surface area (Å²) in [6.07, 6.45) is 13.2. The van der Waals surface area contributed by atoms with Crippen LogP contribution in [0.25, 0.3) is 0 Å². The summed E-state index contributed by atoms with van der Waals surface area (Å²) in [6, 6.07) is 5.59. The second-order valence-electron chi connectivity index (χ2n) is 9.72. The number of anilines is 1. The van der Waals surface area contributed by atoms with Gasteiger partial charge in [-0.05, 0) is 85.8 Å². The molecule has 0 radical (unpaired) electrons. The minimum Gasteiger partial charge on any atom is -0.381 e. The largest absolute Gasteiger partial charge is 0.381 e. The van der Waals surface area contributed by atoms with Gasteiger partial charge in [0.1, 0.15) is 6.33 Å². The summed E-state index contributed by atoms with van der Waals surface area (Å²) in [7, 11) is -3.50. The summed E-state index contributed by atoms with van der Waals surface area (Å²) in [4.78, 5) is 8.49. The van der Waals surface area contributed by atoms with Crippen LogP contribution in [0.3, 0.4) is 0 Å². The van der Waals surface area contributed by atoms with E-state index in [-0.39, 0.29) is 0 Å². The third-order valence-electron chi connectivity index (χ3n) is 7.70. The van der Waals surface area contributed by atoms with Crippen LogP contribution in [0.1, 0.15) is 50.2 Å².